The lowest BCUT2D eigenvalue weighted by Gasteiger charge is -2.33. The van der Waals surface area contributed by atoms with E-state index in [-0.39, 0.29) is 17.7 Å². The number of aromatic amines is 1. The van der Waals surface area contributed by atoms with E-state index in [0.29, 0.717) is 24.5 Å². The Morgan fingerprint density at radius 1 is 1.14 bits per heavy atom. The van der Waals surface area contributed by atoms with Crippen molar-refractivity contribution in [1.29, 1.82) is 0 Å². The van der Waals surface area contributed by atoms with Gasteiger partial charge in [0.2, 0.25) is 0 Å². The van der Waals surface area contributed by atoms with Gasteiger partial charge in [-0.25, -0.2) is 4.68 Å². The maximum Gasteiger partial charge on any atom is 0.253 e. The number of furan rings is 1. The molecule has 1 aromatic carbocycles. The number of ether oxygens (including phenoxy) is 1. The highest BCUT2D eigenvalue weighted by Crippen LogP contribution is 2.34. The van der Waals surface area contributed by atoms with Gasteiger partial charge in [0, 0.05) is 18.7 Å². The second kappa shape index (κ2) is 10.6. The Balaban J connectivity index is 1.50. The smallest absolute Gasteiger partial charge is 0.253 e. The molecule has 0 amide bonds. The van der Waals surface area contributed by atoms with E-state index in [4.69, 9.17) is 9.15 Å². The zero-order chi connectivity index (χ0) is 25.2. The largest absolute Gasteiger partial charge is 0.468 e. The van der Waals surface area contributed by atoms with E-state index < -0.39 is 6.04 Å². The van der Waals surface area contributed by atoms with Crippen molar-refractivity contribution in [3.8, 4) is 0 Å². The monoisotopic (exact) mass is 502 g/mol. The number of hydrogen-bond acceptors (Lipinski definition) is 7. The van der Waals surface area contributed by atoms with Gasteiger partial charge in [0.05, 0.1) is 30.5 Å². The fraction of sp³-hybridized carbons (Fsp3) is 0.500. The van der Waals surface area contributed by atoms with Gasteiger partial charge in [0.25, 0.3) is 5.56 Å². The van der Waals surface area contributed by atoms with Gasteiger partial charge in [-0.3, -0.25) is 9.69 Å². The Bertz CT molecular complexity index is 1380. The van der Waals surface area contributed by atoms with Gasteiger partial charge in [0.15, 0.2) is 5.82 Å². The first-order chi connectivity index (χ1) is 18.2. The van der Waals surface area contributed by atoms with Crippen molar-refractivity contribution in [2.24, 2.45) is 0 Å². The van der Waals surface area contributed by atoms with Crippen LogP contribution in [-0.2, 0) is 11.3 Å². The van der Waals surface area contributed by atoms with Crippen LogP contribution >= 0.6 is 0 Å². The molecule has 0 bridgehead atoms. The fourth-order valence-corrected chi connectivity index (χ4v) is 5.98. The molecular weight excluding hydrogens is 468 g/mol. The molecule has 3 aromatic heterocycles. The first-order valence-electron chi connectivity index (χ1n) is 13.5. The molecule has 2 atom stereocenters. The van der Waals surface area contributed by atoms with Crippen LogP contribution in [0.25, 0.3) is 10.9 Å². The molecule has 1 N–H and O–H groups in total. The Kier molecular flexibility index (Phi) is 6.89. The molecule has 0 radical (unpaired) electrons. The van der Waals surface area contributed by atoms with Crippen LogP contribution in [0.4, 0.5) is 0 Å². The Morgan fingerprint density at radius 3 is 2.81 bits per heavy atom. The standard InChI is InChI=1S/C28H34N6O3/c1-19-8-5-9-20-16-24(28(35)29-25(19)20)26(27-30-31-32-34(27)21-10-3-2-4-11-21)33(17-22-12-6-14-36-22)18-23-13-7-15-37-23/h5-6,8-9,12,14,16,21,23,26H,2-4,7,10-11,13,15,17-18H2,1H3,(H,29,35). The lowest BCUT2D eigenvalue weighted by molar-refractivity contribution is 0.0539. The first kappa shape index (κ1) is 24.1. The molecule has 0 spiro atoms. The van der Waals surface area contributed by atoms with Gasteiger partial charge in [-0.1, -0.05) is 37.5 Å². The summed E-state index contributed by atoms with van der Waals surface area (Å²) in [5, 5.41) is 14.2. The van der Waals surface area contributed by atoms with Gasteiger partial charge < -0.3 is 14.1 Å². The minimum absolute atomic E-state index is 0.0817. The van der Waals surface area contributed by atoms with E-state index in [9.17, 15) is 4.79 Å². The third kappa shape index (κ3) is 4.98. The van der Waals surface area contributed by atoms with Crippen molar-refractivity contribution in [3.05, 3.63) is 75.7 Å². The molecule has 2 fully saturated rings. The topological polar surface area (TPSA) is 102 Å². The molecule has 4 aromatic rings. The average molecular weight is 503 g/mol. The highest BCUT2D eigenvalue weighted by molar-refractivity contribution is 5.82. The lowest BCUT2D eigenvalue weighted by atomic mass is 9.95. The fourth-order valence-electron chi connectivity index (χ4n) is 5.98. The number of rotatable bonds is 8. The summed E-state index contributed by atoms with van der Waals surface area (Å²) < 4.78 is 13.8. The van der Waals surface area contributed by atoms with Crippen molar-refractivity contribution in [1.82, 2.24) is 30.1 Å². The van der Waals surface area contributed by atoms with Crippen LogP contribution in [-0.4, -0.2) is 49.3 Å². The number of nitrogens with one attached hydrogen (secondary N) is 1. The highest BCUT2D eigenvalue weighted by atomic mass is 16.5. The summed E-state index contributed by atoms with van der Waals surface area (Å²) >= 11 is 0. The second-order valence-electron chi connectivity index (χ2n) is 10.4. The number of H-pyrrole nitrogens is 1. The predicted molar refractivity (Wildman–Crippen MR) is 139 cm³/mol. The van der Waals surface area contributed by atoms with Gasteiger partial charge in [-0.2, -0.15) is 0 Å². The summed E-state index contributed by atoms with van der Waals surface area (Å²) in [6.45, 7) is 3.94. The van der Waals surface area contributed by atoms with E-state index in [2.05, 4.69) is 25.4 Å². The quantitative estimate of drug-likeness (QED) is 0.373. The number of hydrogen-bond donors (Lipinski definition) is 1. The van der Waals surface area contributed by atoms with E-state index >= 15 is 0 Å². The minimum atomic E-state index is -0.458. The zero-order valence-corrected chi connectivity index (χ0v) is 21.3. The van der Waals surface area contributed by atoms with Crippen molar-refractivity contribution in [3.63, 3.8) is 0 Å². The van der Waals surface area contributed by atoms with Gasteiger partial charge in [0.1, 0.15) is 11.8 Å². The molecule has 37 heavy (non-hydrogen) atoms. The number of benzene rings is 1. The Labute approximate surface area is 215 Å². The van der Waals surface area contributed by atoms with Crippen LogP contribution < -0.4 is 5.56 Å². The van der Waals surface area contributed by atoms with Crippen LogP contribution in [0.3, 0.4) is 0 Å². The number of nitrogens with zero attached hydrogens (tertiary/aromatic N) is 5. The highest BCUT2D eigenvalue weighted by Gasteiger charge is 2.35. The van der Waals surface area contributed by atoms with E-state index in [1.54, 1.807) is 6.26 Å². The summed E-state index contributed by atoms with van der Waals surface area (Å²) in [4.78, 5) is 19.2. The Hall–Kier alpha value is -3.30. The maximum absolute atomic E-state index is 13.7. The minimum Gasteiger partial charge on any atom is -0.468 e. The van der Waals surface area contributed by atoms with E-state index in [1.165, 1.54) is 6.42 Å². The number of tetrazole rings is 1. The zero-order valence-electron chi connectivity index (χ0n) is 21.3. The van der Waals surface area contributed by atoms with Crippen molar-refractivity contribution in [2.75, 3.05) is 13.2 Å². The summed E-state index contributed by atoms with van der Waals surface area (Å²) in [6.07, 6.45) is 9.45. The van der Waals surface area contributed by atoms with Crippen molar-refractivity contribution >= 4 is 10.9 Å². The predicted octanol–water partition coefficient (Wildman–Crippen LogP) is 4.69. The van der Waals surface area contributed by atoms with E-state index in [1.807, 2.05) is 48.0 Å². The summed E-state index contributed by atoms with van der Waals surface area (Å²) in [5.74, 6) is 1.53. The molecule has 4 heterocycles. The molecule has 1 saturated heterocycles. The third-order valence-electron chi connectivity index (χ3n) is 7.86. The molecule has 9 heteroatoms. The molecule has 2 unspecified atom stereocenters. The SMILES string of the molecule is Cc1cccc2cc(C(c3nnnn3C3CCCCC3)N(Cc3ccco3)CC3CCCO3)c(=O)[nH]c12. The lowest BCUT2D eigenvalue weighted by Crippen LogP contribution is -2.39. The summed E-state index contributed by atoms with van der Waals surface area (Å²) in [7, 11) is 0. The summed E-state index contributed by atoms with van der Waals surface area (Å²) in [6, 6.07) is 11.7. The Morgan fingerprint density at radius 2 is 2.03 bits per heavy atom. The van der Waals surface area contributed by atoms with Crippen LogP contribution in [0.15, 0.2) is 51.9 Å². The van der Waals surface area contributed by atoms with Crippen LogP contribution in [0, 0.1) is 6.92 Å². The third-order valence-corrected chi connectivity index (χ3v) is 7.86. The van der Waals surface area contributed by atoms with Crippen molar-refractivity contribution < 1.29 is 9.15 Å². The average Bonchev–Trinajstić information content (AvgIpc) is 3.70. The number of pyridine rings is 1. The first-order valence-corrected chi connectivity index (χ1v) is 13.5. The molecule has 1 aliphatic carbocycles. The number of aromatic nitrogens is 5. The molecule has 9 nitrogen and oxygen atoms in total. The van der Waals surface area contributed by atoms with Crippen molar-refractivity contribution in [2.45, 2.75) is 76.6 Å². The van der Waals surface area contributed by atoms with Gasteiger partial charge in [-0.15, -0.1) is 5.10 Å². The molecule has 1 saturated carbocycles. The molecule has 194 valence electrons. The van der Waals surface area contributed by atoms with E-state index in [0.717, 1.165) is 67.4 Å². The maximum atomic E-state index is 13.7. The second-order valence-corrected chi connectivity index (χ2v) is 10.4. The normalized spacial score (nSPS) is 19.7. The van der Waals surface area contributed by atoms with Gasteiger partial charge in [-0.05, 0) is 72.2 Å². The molecule has 2 aliphatic rings. The number of fused-ring (bicyclic) bond motifs is 1. The molecular formula is C28H34N6O3. The molecule has 6 rings (SSSR count). The number of para-hydroxylation sites is 1. The molecule has 1 aliphatic heterocycles. The summed E-state index contributed by atoms with van der Waals surface area (Å²) in [5.41, 5.74) is 2.41. The van der Waals surface area contributed by atoms with Crippen LogP contribution in [0.1, 0.15) is 79.7 Å². The number of aryl methyl sites for hydroxylation is 1. The van der Waals surface area contributed by atoms with Crippen LogP contribution in [0.5, 0.6) is 0 Å². The van der Waals surface area contributed by atoms with Gasteiger partial charge >= 0.3 is 0 Å². The van der Waals surface area contributed by atoms with Crippen LogP contribution in [0.2, 0.25) is 0 Å².